The minimum absolute atomic E-state index is 0.195. The average molecular weight is 320 g/mol. The molecule has 0 unspecified atom stereocenters. The van der Waals surface area contributed by atoms with Crippen LogP contribution in [-0.2, 0) is 12.8 Å². The summed E-state index contributed by atoms with van der Waals surface area (Å²) in [6.07, 6.45) is 5.15. The maximum atomic E-state index is 13.1. The standard InChI is InChI=1S/C14H11BrFN3/c15-13-9-17-19-7-6-12(18-14(13)19)5-4-10-2-1-3-11(16)8-10/h1-3,6-9H,4-5H2. The first kappa shape index (κ1) is 12.3. The van der Waals surface area contributed by atoms with E-state index < -0.39 is 0 Å². The lowest BCUT2D eigenvalue weighted by Crippen LogP contribution is -1.98. The van der Waals surface area contributed by atoms with E-state index in [0.29, 0.717) is 0 Å². The second-order valence-corrected chi connectivity index (χ2v) is 5.16. The molecule has 0 radical (unpaired) electrons. The van der Waals surface area contributed by atoms with Crippen LogP contribution in [0.25, 0.3) is 5.65 Å². The average Bonchev–Trinajstić information content (AvgIpc) is 2.78. The number of rotatable bonds is 3. The zero-order valence-electron chi connectivity index (χ0n) is 10.1. The number of hydrogen-bond acceptors (Lipinski definition) is 2. The molecule has 3 aromatic rings. The van der Waals surface area contributed by atoms with Crippen molar-refractivity contribution in [2.45, 2.75) is 12.8 Å². The van der Waals surface area contributed by atoms with Gasteiger partial charge in [-0.05, 0) is 52.5 Å². The number of nitrogens with zero attached hydrogens (tertiary/aromatic N) is 3. The predicted molar refractivity (Wildman–Crippen MR) is 74.5 cm³/mol. The molecule has 0 fully saturated rings. The molecule has 0 aliphatic rings. The molecule has 1 aromatic carbocycles. The van der Waals surface area contributed by atoms with Crippen LogP contribution >= 0.6 is 15.9 Å². The summed E-state index contributed by atoms with van der Waals surface area (Å²) in [5.74, 6) is -0.195. The molecule has 0 amide bonds. The fourth-order valence-corrected chi connectivity index (χ4v) is 2.34. The minimum Gasteiger partial charge on any atom is -0.233 e. The number of aryl methyl sites for hydroxylation is 2. The molecule has 0 aliphatic carbocycles. The van der Waals surface area contributed by atoms with Crippen LogP contribution in [0.5, 0.6) is 0 Å². The van der Waals surface area contributed by atoms with Gasteiger partial charge in [-0.3, -0.25) is 0 Å². The molecule has 5 heteroatoms. The van der Waals surface area contributed by atoms with E-state index in [1.54, 1.807) is 22.8 Å². The fourth-order valence-electron chi connectivity index (χ4n) is 1.98. The van der Waals surface area contributed by atoms with Gasteiger partial charge in [0.1, 0.15) is 5.82 Å². The Morgan fingerprint density at radius 3 is 2.95 bits per heavy atom. The lowest BCUT2D eigenvalue weighted by atomic mass is 10.1. The Balaban J connectivity index is 1.79. The van der Waals surface area contributed by atoms with Gasteiger partial charge >= 0.3 is 0 Å². The molecule has 0 aliphatic heterocycles. The van der Waals surface area contributed by atoms with Gasteiger partial charge in [0.25, 0.3) is 0 Å². The van der Waals surface area contributed by atoms with Crippen molar-refractivity contribution in [3.8, 4) is 0 Å². The van der Waals surface area contributed by atoms with E-state index in [1.807, 2.05) is 18.3 Å². The van der Waals surface area contributed by atoms with Crippen molar-refractivity contribution in [2.24, 2.45) is 0 Å². The summed E-state index contributed by atoms with van der Waals surface area (Å²) in [5, 5.41) is 4.15. The first-order valence-corrected chi connectivity index (χ1v) is 6.75. The van der Waals surface area contributed by atoms with Crippen LogP contribution in [0.15, 0.2) is 47.2 Å². The van der Waals surface area contributed by atoms with E-state index in [4.69, 9.17) is 0 Å². The summed E-state index contributed by atoms with van der Waals surface area (Å²) in [5.41, 5.74) is 2.75. The van der Waals surface area contributed by atoms with Crippen molar-refractivity contribution in [3.63, 3.8) is 0 Å². The van der Waals surface area contributed by atoms with Gasteiger partial charge in [-0.15, -0.1) is 0 Å². The lowest BCUT2D eigenvalue weighted by Gasteiger charge is -2.02. The normalized spacial score (nSPS) is 11.1. The number of benzene rings is 1. The van der Waals surface area contributed by atoms with Gasteiger partial charge < -0.3 is 0 Å². The zero-order chi connectivity index (χ0) is 13.2. The van der Waals surface area contributed by atoms with Crippen LogP contribution in [0, 0.1) is 5.82 Å². The molecular weight excluding hydrogens is 309 g/mol. The smallest absolute Gasteiger partial charge is 0.169 e. The summed E-state index contributed by atoms with van der Waals surface area (Å²) >= 11 is 3.41. The van der Waals surface area contributed by atoms with Crippen LogP contribution in [0.1, 0.15) is 11.3 Å². The first-order valence-electron chi connectivity index (χ1n) is 5.95. The quantitative estimate of drug-likeness (QED) is 0.740. The summed E-state index contributed by atoms with van der Waals surface area (Å²) in [7, 11) is 0. The minimum atomic E-state index is -0.195. The number of halogens is 2. The third-order valence-corrected chi connectivity index (χ3v) is 3.50. The van der Waals surface area contributed by atoms with Gasteiger partial charge in [0, 0.05) is 11.9 Å². The number of aromatic nitrogens is 3. The summed E-state index contributed by atoms with van der Waals surface area (Å²) in [4.78, 5) is 4.53. The fraction of sp³-hybridized carbons (Fsp3) is 0.143. The largest absolute Gasteiger partial charge is 0.233 e. The Hall–Kier alpha value is -1.75. The number of fused-ring (bicyclic) bond motifs is 1. The molecule has 0 spiro atoms. The van der Waals surface area contributed by atoms with Gasteiger partial charge in [0.15, 0.2) is 5.65 Å². The van der Waals surface area contributed by atoms with Crippen molar-refractivity contribution in [3.05, 3.63) is 64.3 Å². The molecule has 0 N–H and O–H groups in total. The maximum absolute atomic E-state index is 13.1. The van der Waals surface area contributed by atoms with Gasteiger partial charge in [-0.2, -0.15) is 5.10 Å². The Morgan fingerprint density at radius 1 is 1.21 bits per heavy atom. The van der Waals surface area contributed by atoms with Crippen LogP contribution in [-0.4, -0.2) is 14.6 Å². The summed E-state index contributed by atoms with van der Waals surface area (Å²) in [6, 6.07) is 8.61. The molecular formula is C14H11BrFN3. The van der Waals surface area contributed by atoms with Crippen molar-refractivity contribution < 1.29 is 4.39 Å². The van der Waals surface area contributed by atoms with E-state index in [-0.39, 0.29) is 5.82 Å². The monoisotopic (exact) mass is 319 g/mol. The Labute approximate surface area is 118 Å². The van der Waals surface area contributed by atoms with Crippen LogP contribution in [0.2, 0.25) is 0 Å². The molecule has 3 nitrogen and oxygen atoms in total. The van der Waals surface area contributed by atoms with Crippen LogP contribution in [0.3, 0.4) is 0 Å². The van der Waals surface area contributed by atoms with Crippen LogP contribution < -0.4 is 0 Å². The Morgan fingerprint density at radius 2 is 2.11 bits per heavy atom. The molecule has 2 aromatic heterocycles. The van der Waals surface area contributed by atoms with Crippen molar-refractivity contribution >= 4 is 21.6 Å². The van der Waals surface area contributed by atoms with Gasteiger partial charge in [-0.25, -0.2) is 13.9 Å². The molecule has 3 rings (SSSR count). The third kappa shape index (κ3) is 2.66. The Kier molecular flexibility index (Phi) is 3.29. The summed E-state index contributed by atoms with van der Waals surface area (Å²) < 4.78 is 15.7. The van der Waals surface area contributed by atoms with E-state index in [0.717, 1.165) is 34.2 Å². The van der Waals surface area contributed by atoms with Crippen molar-refractivity contribution in [1.82, 2.24) is 14.6 Å². The van der Waals surface area contributed by atoms with Gasteiger partial charge in [0.05, 0.1) is 10.7 Å². The van der Waals surface area contributed by atoms with E-state index in [9.17, 15) is 4.39 Å². The lowest BCUT2D eigenvalue weighted by molar-refractivity contribution is 0.625. The summed E-state index contributed by atoms with van der Waals surface area (Å²) in [6.45, 7) is 0. The van der Waals surface area contributed by atoms with Crippen LogP contribution in [0.4, 0.5) is 4.39 Å². The second kappa shape index (κ2) is 5.09. The number of hydrogen-bond donors (Lipinski definition) is 0. The van der Waals surface area contributed by atoms with Gasteiger partial charge in [0.2, 0.25) is 0 Å². The molecule has 0 saturated carbocycles. The SMILES string of the molecule is Fc1cccc(CCc2ccn3ncc(Br)c3n2)c1. The second-order valence-electron chi connectivity index (χ2n) is 4.31. The molecule has 96 valence electrons. The molecule has 2 heterocycles. The predicted octanol–water partition coefficient (Wildman–Crippen LogP) is 3.42. The molecule has 0 saturated heterocycles. The molecule has 19 heavy (non-hydrogen) atoms. The molecule has 0 atom stereocenters. The topological polar surface area (TPSA) is 30.2 Å². The van der Waals surface area contributed by atoms with Gasteiger partial charge in [-0.1, -0.05) is 12.1 Å². The van der Waals surface area contributed by atoms with Crippen molar-refractivity contribution in [2.75, 3.05) is 0 Å². The highest BCUT2D eigenvalue weighted by Crippen LogP contribution is 2.16. The van der Waals surface area contributed by atoms with E-state index in [1.165, 1.54) is 6.07 Å². The van der Waals surface area contributed by atoms with E-state index >= 15 is 0 Å². The maximum Gasteiger partial charge on any atom is 0.169 e. The third-order valence-electron chi connectivity index (χ3n) is 2.94. The highest BCUT2D eigenvalue weighted by atomic mass is 79.9. The van der Waals surface area contributed by atoms with Crippen molar-refractivity contribution in [1.29, 1.82) is 0 Å². The first-order chi connectivity index (χ1) is 9.22. The Bertz CT molecular complexity index is 724. The highest BCUT2D eigenvalue weighted by molar-refractivity contribution is 9.10. The van der Waals surface area contributed by atoms with E-state index in [2.05, 4.69) is 26.0 Å². The highest BCUT2D eigenvalue weighted by Gasteiger charge is 2.04. The molecule has 0 bridgehead atoms. The zero-order valence-corrected chi connectivity index (χ0v) is 11.6.